The number of hydrogen-bond donors (Lipinski definition) is 2. The van der Waals surface area contributed by atoms with Gasteiger partial charge in [0, 0.05) is 5.39 Å². The summed E-state index contributed by atoms with van der Waals surface area (Å²) in [6.07, 6.45) is 0. The maximum Gasteiger partial charge on any atom is 0.200 e. The van der Waals surface area contributed by atoms with Crippen LogP contribution < -0.4 is 0 Å². The zero-order valence-electron chi connectivity index (χ0n) is 7.10. The molecule has 0 radical (unpaired) electrons. The van der Waals surface area contributed by atoms with Gasteiger partial charge in [-0.25, -0.2) is 5.10 Å². The summed E-state index contributed by atoms with van der Waals surface area (Å²) < 4.78 is 0. The molecule has 0 saturated heterocycles. The molecule has 1 aromatic carbocycles. The summed E-state index contributed by atoms with van der Waals surface area (Å²) in [4.78, 5) is 0. The monoisotopic (exact) mass is 186 g/mol. The zero-order valence-corrected chi connectivity index (χ0v) is 7.10. The van der Waals surface area contributed by atoms with Crippen molar-refractivity contribution in [1.82, 2.24) is 30.8 Å². The number of para-hydroxylation sites is 1. The third-order valence-corrected chi connectivity index (χ3v) is 2.04. The first-order valence-corrected chi connectivity index (χ1v) is 4.12. The van der Waals surface area contributed by atoms with Gasteiger partial charge < -0.3 is 0 Å². The molecular formula is C8H6N6. The summed E-state index contributed by atoms with van der Waals surface area (Å²) in [5.41, 5.74) is 1.71. The van der Waals surface area contributed by atoms with Crippen LogP contribution in [0, 0.1) is 0 Å². The SMILES string of the molecule is c1ccc2c(-c3nnn[nH]3)n[nH]c2c1. The summed E-state index contributed by atoms with van der Waals surface area (Å²) in [5, 5.41) is 21.6. The topological polar surface area (TPSA) is 83.1 Å². The van der Waals surface area contributed by atoms with E-state index in [1.54, 1.807) is 0 Å². The van der Waals surface area contributed by atoms with Crippen LogP contribution in [0.15, 0.2) is 24.3 Å². The van der Waals surface area contributed by atoms with Crippen LogP contribution in [-0.4, -0.2) is 30.8 Å². The molecule has 6 heteroatoms. The summed E-state index contributed by atoms with van der Waals surface area (Å²) in [7, 11) is 0. The number of H-pyrrole nitrogens is 2. The van der Waals surface area contributed by atoms with E-state index in [2.05, 4.69) is 30.8 Å². The molecule has 14 heavy (non-hydrogen) atoms. The highest BCUT2D eigenvalue weighted by molar-refractivity contribution is 5.90. The molecule has 2 N–H and O–H groups in total. The highest BCUT2D eigenvalue weighted by atomic mass is 15.5. The van der Waals surface area contributed by atoms with Crippen molar-refractivity contribution in [1.29, 1.82) is 0 Å². The predicted octanol–water partition coefficient (Wildman–Crippen LogP) is 0.743. The summed E-state index contributed by atoms with van der Waals surface area (Å²) >= 11 is 0. The molecule has 0 unspecified atom stereocenters. The van der Waals surface area contributed by atoms with E-state index in [9.17, 15) is 0 Å². The lowest BCUT2D eigenvalue weighted by atomic mass is 10.2. The molecule has 68 valence electrons. The Morgan fingerprint density at radius 3 is 2.86 bits per heavy atom. The van der Waals surface area contributed by atoms with Crippen LogP contribution >= 0.6 is 0 Å². The van der Waals surface area contributed by atoms with Crippen molar-refractivity contribution in [3.63, 3.8) is 0 Å². The smallest absolute Gasteiger partial charge is 0.200 e. The zero-order chi connectivity index (χ0) is 9.38. The minimum absolute atomic E-state index is 0.572. The second-order valence-corrected chi connectivity index (χ2v) is 2.87. The van der Waals surface area contributed by atoms with Gasteiger partial charge in [0.25, 0.3) is 0 Å². The minimum atomic E-state index is 0.572. The van der Waals surface area contributed by atoms with Crippen LogP contribution in [0.3, 0.4) is 0 Å². The second-order valence-electron chi connectivity index (χ2n) is 2.87. The fourth-order valence-electron chi connectivity index (χ4n) is 1.40. The Labute approximate surface area is 78.3 Å². The molecule has 2 heterocycles. The van der Waals surface area contributed by atoms with Crippen LogP contribution in [0.25, 0.3) is 22.4 Å². The van der Waals surface area contributed by atoms with E-state index < -0.39 is 0 Å². The van der Waals surface area contributed by atoms with E-state index in [1.807, 2.05) is 24.3 Å². The van der Waals surface area contributed by atoms with E-state index in [0.29, 0.717) is 5.82 Å². The molecule has 2 aromatic heterocycles. The Balaban J connectivity index is 2.33. The summed E-state index contributed by atoms with van der Waals surface area (Å²) in [6.45, 7) is 0. The lowest BCUT2D eigenvalue weighted by Gasteiger charge is -1.88. The van der Waals surface area contributed by atoms with Crippen molar-refractivity contribution >= 4 is 10.9 Å². The molecule has 0 aliphatic rings. The van der Waals surface area contributed by atoms with E-state index in [1.165, 1.54) is 0 Å². The van der Waals surface area contributed by atoms with Crippen molar-refractivity contribution in [2.75, 3.05) is 0 Å². The molecular weight excluding hydrogens is 180 g/mol. The van der Waals surface area contributed by atoms with Gasteiger partial charge in [-0.3, -0.25) is 5.10 Å². The number of nitrogens with zero attached hydrogens (tertiary/aromatic N) is 4. The Bertz CT molecular complexity index is 552. The second kappa shape index (κ2) is 2.63. The lowest BCUT2D eigenvalue weighted by molar-refractivity contribution is 0.881. The largest absolute Gasteiger partial charge is 0.277 e. The van der Waals surface area contributed by atoms with Crippen LogP contribution in [0.2, 0.25) is 0 Å². The molecule has 3 aromatic rings. The van der Waals surface area contributed by atoms with E-state index in [0.717, 1.165) is 16.6 Å². The van der Waals surface area contributed by atoms with E-state index in [-0.39, 0.29) is 0 Å². The van der Waals surface area contributed by atoms with Gasteiger partial charge in [0.05, 0.1) is 5.52 Å². The standard InChI is InChI=1S/C8H6N6/c1-2-4-6-5(3-1)7(10-9-6)8-11-13-14-12-8/h1-4H,(H,9,10)(H,11,12,13,14). The normalized spacial score (nSPS) is 10.9. The van der Waals surface area contributed by atoms with Gasteiger partial charge in [-0.05, 0) is 16.5 Å². The first-order chi connectivity index (χ1) is 6.95. The van der Waals surface area contributed by atoms with E-state index in [4.69, 9.17) is 0 Å². The average Bonchev–Trinajstić information content (AvgIpc) is 2.85. The Kier molecular flexibility index (Phi) is 1.35. The number of aromatic amines is 2. The quantitative estimate of drug-likeness (QED) is 0.587. The minimum Gasteiger partial charge on any atom is -0.277 e. The van der Waals surface area contributed by atoms with Crippen molar-refractivity contribution in [2.24, 2.45) is 0 Å². The van der Waals surface area contributed by atoms with Gasteiger partial charge >= 0.3 is 0 Å². The molecule has 0 amide bonds. The van der Waals surface area contributed by atoms with Crippen LogP contribution in [0.5, 0.6) is 0 Å². The molecule has 0 fully saturated rings. The van der Waals surface area contributed by atoms with Gasteiger partial charge in [-0.2, -0.15) is 5.10 Å². The van der Waals surface area contributed by atoms with Crippen LogP contribution in [0.4, 0.5) is 0 Å². The molecule has 0 saturated carbocycles. The highest BCUT2D eigenvalue weighted by Gasteiger charge is 2.09. The number of aromatic nitrogens is 6. The third kappa shape index (κ3) is 0.905. The number of benzene rings is 1. The Hall–Kier alpha value is -2.24. The molecule has 0 spiro atoms. The summed E-state index contributed by atoms with van der Waals surface area (Å²) in [6, 6.07) is 7.82. The molecule has 3 rings (SSSR count). The van der Waals surface area contributed by atoms with Gasteiger partial charge in [0.1, 0.15) is 5.69 Å². The Morgan fingerprint density at radius 1 is 1.07 bits per heavy atom. The van der Waals surface area contributed by atoms with Crippen molar-refractivity contribution < 1.29 is 0 Å². The predicted molar refractivity (Wildman–Crippen MR) is 49.3 cm³/mol. The average molecular weight is 186 g/mol. The fourth-order valence-corrected chi connectivity index (χ4v) is 1.40. The maximum atomic E-state index is 4.14. The van der Waals surface area contributed by atoms with Crippen molar-refractivity contribution in [3.8, 4) is 11.5 Å². The Morgan fingerprint density at radius 2 is 2.00 bits per heavy atom. The maximum absolute atomic E-state index is 4.14. The molecule has 0 bridgehead atoms. The van der Waals surface area contributed by atoms with Crippen molar-refractivity contribution in [2.45, 2.75) is 0 Å². The summed E-state index contributed by atoms with van der Waals surface area (Å²) in [5.74, 6) is 0.572. The first-order valence-electron chi connectivity index (χ1n) is 4.12. The number of tetrazole rings is 1. The van der Waals surface area contributed by atoms with Crippen molar-refractivity contribution in [3.05, 3.63) is 24.3 Å². The van der Waals surface area contributed by atoms with Gasteiger partial charge in [0.2, 0.25) is 5.82 Å². The molecule has 0 aliphatic carbocycles. The fraction of sp³-hybridized carbons (Fsp3) is 0. The van der Waals surface area contributed by atoms with Gasteiger partial charge in [-0.15, -0.1) is 5.10 Å². The number of hydrogen-bond acceptors (Lipinski definition) is 4. The number of nitrogens with one attached hydrogen (secondary N) is 2. The number of rotatable bonds is 1. The molecule has 6 nitrogen and oxygen atoms in total. The lowest BCUT2D eigenvalue weighted by Crippen LogP contribution is -1.81. The van der Waals surface area contributed by atoms with Crippen LogP contribution in [0.1, 0.15) is 0 Å². The van der Waals surface area contributed by atoms with Gasteiger partial charge in [0.15, 0.2) is 0 Å². The van der Waals surface area contributed by atoms with E-state index >= 15 is 0 Å². The molecule has 0 atom stereocenters. The molecule has 0 aliphatic heterocycles. The van der Waals surface area contributed by atoms with Crippen LogP contribution in [-0.2, 0) is 0 Å². The van der Waals surface area contributed by atoms with Gasteiger partial charge in [-0.1, -0.05) is 18.2 Å². The third-order valence-electron chi connectivity index (χ3n) is 2.04. The highest BCUT2D eigenvalue weighted by Crippen LogP contribution is 2.21. The first kappa shape index (κ1) is 7.19. The number of fused-ring (bicyclic) bond motifs is 1.